The highest BCUT2D eigenvalue weighted by Gasteiger charge is 2.63. The fourth-order valence-electron chi connectivity index (χ4n) is 2.07. The standard InChI is InChI=1S/C12H16N2O4S/c1-14(2)19(17,18)13-12(11(15)16)8-10(12)9-6-4-3-5-7-9/h3-7,10,13H,8H2,1-2H3,(H,15,16). The summed E-state index contributed by atoms with van der Waals surface area (Å²) < 4.78 is 26.9. The molecule has 1 saturated carbocycles. The first-order valence-corrected chi connectivity index (χ1v) is 7.23. The van der Waals surface area contributed by atoms with Gasteiger partial charge < -0.3 is 5.11 Å². The van der Waals surface area contributed by atoms with Crippen molar-refractivity contribution in [1.82, 2.24) is 9.03 Å². The molecule has 2 N–H and O–H groups in total. The van der Waals surface area contributed by atoms with E-state index in [1.54, 1.807) is 24.3 Å². The number of hydrogen-bond acceptors (Lipinski definition) is 3. The molecule has 2 unspecified atom stereocenters. The van der Waals surface area contributed by atoms with Gasteiger partial charge in [0, 0.05) is 20.0 Å². The van der Waals surface area contributed by atoms with E-state index in [-0.39, 0.29) is 12.3 Å². The van der Waals surface area contributed by atoms with E-state index in [9.17, 15) is 18.3 Å². The number of aliphatic carboxylic acids is 1. The maximum absolute atomic E-state index is 11.8. The molecule has 2 rings (SSSR count). The van der Waals surface area contributed by atoms with E-state index in [1.165, 1.54) is 14.1 Å². The Morgan fingerprint density at radius 3 is 2.42 bits per heavy atom. The van der Waals surface area contributed by atoms with E-state index in [0.717, 1.165) is 9.87 Å². The number of carboxylic acids is 1. The van der Waals surface area contributed by atoms with E-state index in [4.69, 9.17) is 0 Å². The van der Waals surface area contributed by atoms with Gasteiger partial charge in [-0.15, -0.1) is 0 Å². The number of benzene rings is 1. The number of rotatable bonds is 5. The minimum absolute atomic E-state index is 0.263. The first-order chi connectivity index (χ1) is 8.79. The van der Waals surface area contributed by atoms with E-state index in [0.29, 0.717) is 0 Å². The highest BCUT2D eigenvalue weighted by atomic mass is 32.2. The Bertz CT molecular complexity index is 585. The molecule has 1 aliphatic rings. The number of carboxylic acid groups (broad SMARTS) is 1. The second-order valence-corrected chi connectivity index (χ2v) is 6.72. The van der Waals surface area contributed by atoms with Gasteiger partial charge >= 0.3 is 5.97 Å². The molecular formula is C12H16N2O4S. The molecule has 104 valence electrons. The van der Waals surface area contributed by atoms with Crippen LogP contribution in [-0.4, -0.2) is 43.4 Å². The Morgan fingerprint density at radius 2 is 1.95 bits per heavy atom. The molecule has 0 saturated heterocycles. The van der Waals surface area contributed by atoms with E-state index < -0.39 is 21.7 Å². The fraction of sp³-hybridized carbons (Fsp3) is 0.417. The third kappa shape index (κ3) is 2.49. The second kappa shape index (κ2) is 4.59. The molecule has 6 nitrogen and oxygen atoms in total. The van der Waals surface area contributed by atoms with Gasteiger partial charge in [-0.3, -0.25) is 4.79 Å². The maximum atomic E-state index is 11.8. The van der Waals surface area contributed by atoms with Gasteiger partial charge in [-0.25, -0.2) is 0 Å². The van der Waals surface area contributed by atoms with Crippen molar-refractivity contribution in [3.05, 3.63) is 35.9 Å². The Morgan fingerprint density at radius 1 is 1.37 bits per heavy atom. The van der Waals surface area contributed by atoms with Gasteiger partial charge in [0.15, 0.2) is 0 Å². The van der Waals surface area contributed by atoms with Gasteiger partial charge in [-0.05, 0) is 12.0 Å². The molecule has 7 heteroatoms. The van der Waals surface area contributed by atoms with Crippen LogP contribution in [0.25, 0.3) is 0 Å². The van der Waals surface area contributed by atoms with Crippen LogP contribution in [0.4, 0.5) is 0 Å². The van der Waals surface area contributed by atoms with E-state index in [1.807, 2.05) is 6.07 Å². The first-order valence-electron chi connectivity index (χ1n) is 5.79. The zero-order chi connectivity index (χ0) is 14.3. The topological polar surface area (TPSA) is 86.7 Å². The molecule has 1 fully saturated rings. The second-order valence-electron chi connectivity index (χ2n) is 4.83. The van der Waals surface area contributed by atoms with Crippen molar-refractivity contribution in [1.29, 1.82) is 0 Å². The van der Waals surface area contributed by atoms with Crippen molar-refractivity contribution in [2.75, 3.05) is 14.1 Å². The van der Waals surface area contributed by atoms with Crippen LogP contribution in [0.15, 0.2) is 30.3 Å². The molecule has 19 heavy (non-hydrogen) atoms. The van der Waals surface area contributed by atoms with Crippen LogP contribution in [0, 0.1) is 0 Å². The summed E-state index contributed by atoms with van der Waals surface area (Å²) in [7, 11) is -1.06. The minimum Gasteiger partial charge on any atom is -0.480 e. The van der Waals surface area contributed by atoms with Crippen molar-refractivity contribution < 1.29 is 18.3 Å². The van der Waals surface area contributed by atoms with Crippen molar-refractivity contribution >= 4 is 16.2 Å². The third-order valence-electron chi connectivity index (χ3n) is 3.34. The van der Waals surface area contributed by atoms with Gasteiger partial charge in [0.1, 0.15) is 5.54 Å². The normalized spacial score (nSPS) is 26.4. The third-order valence-corrected chi connectivity index (χ3v) is 4.92. The summed E-state index contributed by atoms with van der Waals surface area (Å²) in [5.41, 5.74) is -0.601. The zero-order valence-electron chi connectivity index (χ0n) is 10.7. The highest BCUT2D eigenvalue weighted by Crippen LogP contribution is 2.52. The highest BCUT2D eigenvalue weighted by molar-refractivity contribution is 7.87. The quantitative estimate of drug-likeness (QED) is 0.819. The van der Waals surface area contributed by atoms with Crippen LogP contribution >= 0.6 is 0 Å². The van der Waals surface area contributed by atoms with Gasteiger partial charge in [-0.1, -0.05) is 30.3 Å². The molecule has 0 aliphatic heterocycles. The Hall–Kier alpha value is -1.44. The van der Waals surface area contributed by atoms with Crippen molar-refractivity contribution in [2.45, 2.75) is 17.9 Å². The van der Waals surface area contributed by atoms with Gasteiger partial charge in [0.05, 0.1) is 0 Å². The molecule has 1 aliphatic carbocycles. The Labute approximate surface area is 112 Å². The van der Waals surface area contributed by atoms with Gasteiger partial charge in [-0.2, -0.15) is 17.4 Å². The first kappa shape index (κ1) is 14.0. The van der Waals surface area contributed by atoms with Crippen LogP contribution in [0.1, 0.15) is 17.9 Å². The largest absolute Gasteiger partial charge is 0.480 e. The monoisotopic (exact) mass is 284 g/mol. The Balaban J connectivity index is 2.28. The smallest absolute Gasteiger partial charge is 0.325 e. The predicted octanol–water partition coefficient (Wildman–Crippen LogP) is 0.393. The molecule has 0 amide bonds. The summed E-state index contributed by atoms with van der Waals surface area (Å²) in [6, 6.07) is 9.05. The molecule has 0 radical (unpaired) electrons. The van der Waals surface area contributed by atoms with Crippen molar-refractivity contribution in [3.8, 4) is 0 Å². The van der Waals surface area contributed by atoms with Crippen LogP contribution in [0.3, 0.4) is 0 Å². The lowest BCUT2D eigenvalue weighted by atomic mass is 10.1. The molecule has 0 bridgehead atoms. The summed E-state index contributed by atoms with van der Waals surface area (Å²) in [5, 5.41) is 9.34. The fourth-order valence-corrected chi connectivity index (χ4v) is 3.02. The number of nitrogens with zero attached hydrogens (tertiary/aromatic N) is 1. The van der Waals surface area contributed by atoms with Crippen molar-refractivity contribution in [2.24, 2.45) is 0 Å². The molecular weight excluding hydrogens is 268 g/mol. The van der Waals surface area contributed by atoms with Gasteiger partial charge in [0.25, 0.3) is 10.2 Å². The van der Waals surface area contributed by atoms with Crippen LogP contribution in [-0.2, 0) is 15.0 Å². The number of carbonyl (C=O) groups is 1. The lowest BCUT2D eigenvalue weighted by Crippen LogP contribution is -2.48. The molecule has 2 atom stereocenters. The molecule has 1 aromatic rings. The average Bonchev–Trinajstić information content (AvgIpc) is 3.05. The van der Waals surface area contributed by atoms with Crippen molar-refractivity contribution in [3.63, 3.8) is 0 Å². The summed E-state index contributed by atoms with van der Waals surface area (Å²) in [5.74, 6) is -1.48. The Kier molecular flexibility index (Phi) is 3.38. The van der Waals surface area contributed by atoms with E-state index >= 15 is 0 Å². The number of hydrogen-bond donors (Lipinski definition) is 2. The van der Waals surface area contributed by atoms with Crippen LogP contribution in [0.5, 0.6) is 0 Å². The summed E-state index contributed by atoms with van der Waals surface area (Å²) >= 11 is 0. The molecule has 0 spiro atoms. The number of nitrogens with one attached hydrogen (secondary N) is 1. The minimum atomic E-state index is -3.78. The lowest BCUT2D eigenvalue weighted by molar-refractivity contribution is -0.140. The lowest BCUT2D eigenvalue weighted by Gasteiger charge is -2.18. The summed E-state index contributed by atoms with van der Waals surface area (Å²) in [4.78, 5) is 11.4. The maximum Gasteiger partial charge on any atom is 0.325 e. The van der Waals surface area contributed by atoms with E-state index in [2.05, 4.69) is 4.72 Å². The van der Waals surface area contributed by atoms with Gasteiger partial charge in [0.2, 0.25) is 0 Å². The molecule has 1 aromatic carbocycles. The average molecular weight is 284 g/mol. The van der Waals surface area contributed by atoms with Crippen LogP contribution in [0.2, 0.25) is 0 Å². The summed E-state index contributed by atoms with van der Waals surface area (Å²) in [6.45, 7) is 0. The predicted molar refractivity (Wildman–Crippen MR) is 69.9 cm³/mol. The SMILES string of the molecule is CN(C)S(=O)(=O)NC1(C(=O)O)CC1c1ccccc1. The zero-order valence-corrected chi connectivity index (χ0v) is 11.5. The van der Waals surface area contributed by atoms with Crippen LogP contribution < -0.4 is 4.72 Å². The summed E-state index contributed by atoms with van der Waals surface area (Å²) in [6.07, 6.45) is 0.263. The molecule has 0 heterocycles. The molecule has 0 aromatic heterocycles.